The van der Waals surface area contributed by atoms with E-state index in [2.05, 4.69) is 41.9 Å². The van der Waals surface area contributed by atoms with E-state index in [1.54, 1.807) is 11.3 Å². The van der Waals surface area contributed by atoms with Crippen molar-refractivity contribution in [3.63, 3.8) is 0 Å². The highest BCUT2D eigenvalue weighted by molar-refractivity contribution is 7.10. The van der Waals surface area contributed by atoms with E-state index < -0.39 is 0 Å². The number of benzene rings is 1. The number of rotatable bonds is 5. The lowest BCUT2D eigenvalue weighted by molar-refractivity contribution is -0.120. The van der Waals surface area contributed by atoms with Crippen LogP contribution in [0, 0.1) is 6.92 Å². The Morgan fingerprint density at radius 3 is 2.80 bits per heavy atom. The molecule has 0 unspecified atom stereocenters. The van der Waals surface area contributed by atoms with Gasteiger partial charge in [0.1, 0.15) is 0 Å². The second-order valence-corrected chi connectivity index (χ2v) is 6.65. The molecule has 0 spiro atoms. The fraction of sp³-hybridized carbons (Fsp3) is 0.353. The van der Waals surface area contributed by atoms with E-state index in [9.17, 15) is 4.79 Å². The third kappa shape index (κ3) is 2.93. The molecule has 1 aliphatic rings. The van der Waals surface area contributed by atoms with Crippen molar-refractivity contribution >= 4 is 17.2 Å². The van der Waals surface area contributed by atoms with Crippen molar-refractivity contribution in [2.24, 2.45) is 0 Å². The van der Waals surface area contributed by atoms with Crippen LogP contribution in [0.25, 0.3) is 0 Å². The molecule has 0 aliphatic heterocycles. The van der Waals surface area contributed by atoms with Gasteiger partial charge in [0.25, 0.3) is 0 Å². The fourth-order valence-electron chi connectivity index (χ4n) is 2.58. The van der Waals surface area contributed by atoms with Gasteiger partial charge in [-0.15, -0.1) is 11.3 Å². The molecule has 0 radical (unpaired) electrons. The predicted molar refractivity (Wildman–Crippen MR) is 83.1 cm³/mol. The van der Waals surface area contributed by atoms with Crippen molar-refractivity contribution in [2.75, 3.05) is 6.54 Å². The Bertz CT molecular complexity index is 599. The smallest absolute Gasteiger partial charge is 0.224 e. The number of amides is 1. The Morgan fingerprint density at radius 2 is 2.15 bits per heavy atom. The van der Waals surface area contributed by atoms with Gasteiger partial charge in [-0.25, -0.2) is 0 Å². The summed E-state index contributed by atoms with van der Waals surface area (Å²) in [6.07, 6.45) is 2.86. The molecular formula is C17H19NOS. The molecule has 3 rings (SSSR count). The topological polar surface area (TPSA) is 29.1 Å². The van der Waals surface area contributed by atoms with Crippen LogP contribution in [-0.2, 0) is 16.6 Å². The van der Waals surface area contributed by atoms with Crippen LogP contribution in [0.3, 0.4) is 0 Å². The minimum absolute atomic E-state index is 0.124. The zero-order chi connectivity index (χ0) is 14.0. The first-order valence-corrected chi connectivity index (χ1v) is 7.92. The second kappa shape index (κ2) is 5.41. The molecule has 1 saturated carbocycles. The van der Waals surface area contributed by atoms with Gasteiger partial charge >= 0.3 is 0 Å². The van der Waals surface area contributed by atoms with E-state index in [-0.39, 0.29) is 11.3 Å². The summed E-state index contributed by atoms with van der Waals surface area (Å²) in [6.45, 7) is 2.83. The minimum Gasteiger partial charge on any atom is -0.355 e. The van der Waals surface area contributed by atoms with E-state index in [1.807, 2.05) is 12.1 Å². The molecule has 1 N–H and O–H groups in total. The fourth-order valence-corrected chi connectivity index (χ4v) is 3.57. The van der Waals surface area contributed by atoms with Crippen LogP contribution < -0.4 is 5.32 Å². The third-order valence-electron chi connectivity index (χ3n) is 3.97. The average Bonchev–Trinajstić information content (AvgIpc) is 3.00. The van der Waals surface area contributed by atoms with Gasteiger partial charge in [-0.3, -0.25) is 4.79 Å². The summed E-state index contributed by atoms with van der Waals surface area (Å²) >= 11 is 1.80. The molecule has 20 heavy (non-hydrogen) atoms. The Balaban J connectivity index is 1.55. The van der Waals surface area contributed by atoms with E-state index >= 15 is 0 Å². The van der Waals surface area contributed by atoms with Gasteiger partial charge in [-0.1, -0.05) is 35.9 Å². The molecule has 104 valence electrons. The maximum absolute atomic E-state index is 12.1. The van der Waals surface area contributed by atoms with Crippen molar-refractivity contribution in [1.82, 2.24) is 5.32 Å². The first-order chi connectivity index (χ1) is 9.68. The number of hydrogen-bond donors (Lipinski definition) is 1. The van der Waals surface area contributed by atoms with E-state index in [0.29, 0.717) is 6.42 Å². The summed E-state index contributed by atoms with van der Waals surface area (Å²) in [5.41, 5.74) is 2.52. The second-order valence-electron chi connectivity index (χ2n) is 5.70. The van der Waals surface area contributed by atoms with Gasteiger partial charge in [0, 0.05) is 16.8 Å². The molecule has 1 heterocycles. The molecule has 0 bridgehead atoms. The monoisotopic (exact) mass is 285 g/mol. The number of hydrogen-bond acceptors (Lipinski definition) is 2. The maximum atomic E-state index is 12.1. The number of nitrogens with one attached hydrogen (secondary N) is 1. The summed E-state index contributed by atoms with van der Waals surface area (Å²) in [6, 6.07) is 12.4. The Hall–Kier alpha value is -1.61. The van der Waals surface area contributed by atoms with Crippen molar-refractivity contribution in [3.05, 3.63) is 57.8 Å². The molecule has 3 heteroatoms. The molecule has 0 atom stereocenters. The van der Waals surface area contributed by atoms with Crippen LogP contribution >= 0.6 is 11.3 Å². The maximum Gasteiger partial charge on any atom is 0.224 e. The predicted octanol–water partition coefficient (Wildman–Crippen LogP) is 3.45. The van der Waals surface area contributed by atoms with Gasteiger partial charge in [0.15, 0.2) is 0 Å². The van der Waals surface area contributed by atoms with Gasteiger partial charge < -0.3 is 5.32 Å². The van der Waals surface area contributed by atoms with Gasteiger partial charge in [0.05, 0.1) is 6.42 Å². The molecule has 2 aromatic rings. The normalized spacial score (nSPS) is 15.8. The van der Waals surface area contributed by atoms with Gasteiger partial charge in [-0.2, -0.15) is 0 Å². The standard InChI is InChI=1S/C17H19NOS/c1-13-4-2-5-14(10-13)11-16(19)18-12-17(7-8-17)15-6-3-9-20-15/h2-6,9-10H,7-8,11-12H2,1H3,(H,18,19). The summed E-state index contributed by atoms with van der Waals surface area (Å²) < 4.78 is 0. The zero-order valence-corrected chi connectivity index (χ0v) is 12.5. The van der Waals surface area contributed by atoms with Crippen LogP contribution in [0.2, 0.25) is 0 Å². The van der Waals surface area contributed by atoms with Gasteiger partial charge in [-0.05, 0) is 36.8 Å². The van der Waals surface area contributed by atoms with Crippen LogP contribution in [0.5, 0.6) is 0 Å². The van der Waals surface area contributed by atoms with Gasteiger partial charge in [0.2, 0.25) is 5.91 Å². The highest BCUT2D eigenvalue weighted by Gasteiger charge is 2.45. The largest absolute Gasteiger partial charge is 0.355 e. The SMILES string of the molecule is Cc1cccc(CC(=O)NCC2(c3cccs3)CC2)c1. The van der Waals surface area contributed by atoms with Crippen molar-refractivity contribution in [1.29, 1.82) is 0 Å². The Morgan fingerprint density at radius 1 is 1.30 bits per heavy atom. The Labute approximate surface area is 123 Å². The summed E-state index contributed by atoms with van der Waals surface area (Å²) in [5, 5.41) is 5.22. The van der Waals surface area contributed by atoms with E-state index in [1.165, 1.54) is 23.3 Å². The summed E-state index contributed by atoms with van der Waals surface area (Å²) in [4.78, 5) is 13.5. The summed E-state index contributed by atoms with van der Waals surface area (Å²) in [7, 11) is 0. The first kappa shape index (κ1) is 13.4. The highest BCUT2D eigenvalue weighted by atomic mass is 32.1. The number of aryl methyl sites for hydroxylation is 1. The van der Waals surface area contributed by atoms with Crippen LogP contribution in [0.4, 0.5) is 0 Å². The molecule has 1 aliphatic carbocycles. The van der Waals surface area contributed by atoms with E-state index in [4.69, 9.17) is 0 Å². The van der Waals surface area contributed by atoms with Crippen LogP contribution in [0.15, 0.2) is 41.8 Å². The van der Waals surface area contributed by atoms with E-state index in [0.717, 1.165) is 12.1 Å². The van der Waals surface area contributed by atoms with Crippen LogP contribution in [0.1, 0.15) is 28.8 Å². The quantitative estimate of drug-likeness (QED) is 0.895. The highest BCUT2D eigenvalue weighted by Crippen LogP contribution is 2.49. The molecule has 1 fully saturated rings. The number of thiophene rings is 1. The first-order valence-electron chi connectivity index (χ1n) is 7.04. The number of carbonyl (C=O) groups is 1. The average molecular weight is 285 g/mol. The molecule has 1 amide bonds. The third-order valence-corrected chi connectivity index (χ3v) is 5.08. The molecule has 0 saturated heterocycles. The zero-order valence-electron chi connectivity index (χ0n) is 11.7. The lowest BCUT2D eigenvalue weighted by Crippen LogP contribution is -2.32. The molecular weight excluding hydrogens is 266 g/mol. The van der Waals surface area contributed by atoms with Crippen molar-refractivity contribution in [2.45, 2.75) is 31.6 Å². The number of carbonyl (C=O) groups excluding carboxylic acids is 1. The molecule has 1 aromatic heterocycles. The lowest BCUT2D eigenvalue weighted by atomic mass is 10.0. The Kier molecular flexibility index (Phi) is 3.62. The minimum atomic E-state index is 0.124. The molecule has 2 nitrogen and oxygen atoms in total. The molecule has 1 aromatic carbocycles. The van der Waals surface area contributed by atoms with Crippen molar-refractivity contribution in [3.8, 4) is 0 Å². The van der Waals surface area contributed by atoms with Crippen molar-refractivity contribution < 1.29 is 4.79 Å². The lowest BCUT2D eigenvalue weighted by Gasteiger charge is -2.14. The summed E-state index contributed by atoms with van der Waals surface area (Å²) in [5.74, 6) is 0.124. The van der Waals surface area contributed by atoms with Crippen LogP contribution in [-0.4, -0.2) is 12.5 Å².